The number of phosphoric ester groups is 2. The third-order valence-corrected chi connectivity index (χ3v) is 19.4. The summed E-state index contributed by atoms with van der Waals surface area (Å²) < 4.78 is 68.5. The van der Waals surface area contributed by atoms with Crippen molar-refractivity contribution in [2.24, 2.45) is 17.8 Å². The molecule has 0 rings (SSSR count). The molecular weight excluding hydrogens is 1270 g/mol. The van der Waals surface area contributed by atoms with Crippen molar-refractivity contribution >= 4 is 39.5 Å². The van der Waals surface area contributed by atoms with E-state index in [0.717, 1.165) is 127 Å². The molecule has 0 aromatic heterocycles. The van der Waals surface area contributed by atoms with Gasteiger partial charge in [0.1, 0.15) is 19.3 Å². The summed E-state index contributed by atoms with van der Waals surface area (Å²) >= 11 is 0. The molecule has 3 N–H and O–H groups in total. The van der Waals surface area contributed by atoms with E-state index in [1.807, 2.05) is 0 Å². The number of unbranched alkanes of at least 4 members (excludes halogenated alkanes) is 39. The minimum Gasteiger partial charge on any atom is -0.462 e. The minimum absolute atomic E-state index is 0.0996. The average molecular weight is 1420 g/mol. The second-order valence-corrected chi connectivity index (χ2v) is 31.7. The Hall–Kier alpha value is -2.46. The highest BCUT2D eigenvalue weighted by Gasteiger charge is 2.30. The Labute approximate surface area is 592 Å². The third kappa shape index (κ3) is 71.7. The summed E-state index contributed by atoms with van der Waals surface area (Å²) in [6.07, 6.45) is 57.8. The van der Waals surface area contributed by atoms with E-state index in [1.165, 1.54) is 161 Å². The zero-order valence-electron chi connectivity index (χ0n) is 63.0. The topological polar surface area (TPSA) is 237 Å². The number of phosphoric acid groups is 2. The summed E-state index contributed by atoms with van der Waals surface area (Å²) in [5, 5.41) is 10.6. The number of ether oxygens (including phenoxy) is 4. The maximum Gasteiger partial charge on any atom is 0.472 e. The predicted molar refractivity (Wildman–Crippen MR) is 395 cm³/mol. The van der Waals surface area contributed by atoms with Crippen LogP contribution < -0.4 is 0 Å². The standard InChI is InChI=1S/C78H148O17P2/c1-8-9-10-11-12-13-14-15-17-21-27-32-37-45-52-59-75(80)88-65-73(94-77(82)62-55-48-39-34-29-24-23-26-31-36-43-50-57-70(4)5)67-92-96(84,85)90-63-72(79)64-91-97(86,87)93-68-74(66-89-76(81)60-53-46-41-40-44-51-58-71(6)7)95-78(83)61-54-47-38-33-28-22-19-16-18-20-25-30-35-42-49-56-69(2)3/h13-15,17,69-74,79H,8-12,16,18-68H2,1-7H3,(H,84,85)(H,86,87)/b14-13-,17-15-/t72?,73-,74-/m1/s1. The van der Waals surface area contributed by atoms with Gasteiger partial charge >= 0.3 is 39.5 Å². The molecule has 0 saturated heterocycles. The summed E-state index contributed by atoms with van der Waals surface area (Å²) in [7, 11) is -9.93. The summed E-state index contributed by atoms with van der Waals surface area (Å²) in [6, 6.07) is 0. The molecule has 5 atom stereocenters. The van der Waals surface area contributed by atoms with Gasteiger partial charge in [0.05, 0.1) is 26.4 Å². The van der Waals surface area contributed by atoms with Gasteiger partial charge < -0.3 is 33.8 Å². The van der Waals surface area contributed by atoms with Crippen LogP contribution in [0, 0.1) is 17.8 Å². The van der Waals surface area contributed by atoms with Gasteiger partial charge in [0.15, 0.2) is 12.2 Å². The van der Waals surface area contributed by atoms with Crippen LogP contribution in [0.3, 0.4) is 0 Å². The van der Waals surface area contributed by atoms with E-state index in [-0.39, 0.29) is 25.7 Å². The monoisotopic (exact) mass is 1420 g/mol. The molecular formula is C78H148O17P2. The first-order chi connectivity index (χ1) is 46.7. The lowest BCUT2D eigenvalue weighted by molar-refractivity contribution is -0.161. The van der Waals surface area contributed by atoms with Crippen molar-refractivity contribution < 1.29 is 80.2 Å². The van der Waals surface area contributed by atoms with Crippen molar-refractivity contribution in [3.05, 3.63) is 24.3 Å². The van der Waals surface area contributed by atoms with Crippen LogP contribution >= 0.6 is 15.6 Å². The van der Waals surface area contributed by atoms with E-state index in [9.17, 15) is 43.2 Å². The quantitative estimate of drug-likeness (QED) is 0.0169. The number of esters is 4. The van der Waals surface area contributed by atoms with Gasteiger partial charge in [-0.3, -0.25) is 37.3 Å². The number of hydrogen-bond donors (Lipinski definition) is 3. The Morgan fingerprint density at radius 2 is 0.557 bits per heavy atom. The summed E-state index contributed by atoms with van der Waals surface area (Å²) in [4.78, 5) is 72.8. The highest BCUT2D eigenvalue weighted by molar-refractivity contribution is 7.47. The van der Waals surface area contributed by atoms with Crippen LogP contribution in [0.2, 0.25) is 0 Å². The minimum atomic E-state index is -4.97. The average Bonchev–Trinajstić information content (AvgIpc) is 1.37. The Kier molecular flexibility index (Phi) is 66.3. The zero-order chi connectivity index (χ0) is 71.6. The van der Waals surface area contributed by atoms with Crippen LogP contribution in [0.15, 0.2) is 24.3 Å². The number of aliphatic hydroxyl groups is 1. The first kappa shape index (κ1) is 94.5. The molecule has 0 aliphatic heterocycles. The highest BCUT2D eigenvalue weighted by Crippen LogP contribution is 2.45. The Balaban J connectivity index is 5.26. The van der Waals surface area contributed by atoms with E-state index < -0.39 is 97.5 Å². The molecule has 0 saturated carbocycles. The summed E-state index contributed by atoms with van der Waals surface area (Å²) in [5.74, 6) is 0.106. The molecule has 572 valence electrons. The van der Waals surface area contributed by atoms with E-state index >= 15 is 0 Å². The second kappa shape index (κ2) is 68.0. The Morgan fingerprint density at radius 1 is 0.320 bits per heavy atom. The Morgan fingerprint density at radius 3 is 0.835 bits per heavy atom. The molecule has 0 fully saturated rings. The molecule has 19 heteroatoms. The molecule has 3 unspecified atom stereocenters. The SMILES string of the molecule is CCCCCC/C=C\C=C/CCCCCCCC(=O)OC[C@H](COP(=O)(O)OCC(O)COP(=O)(O)OC[C@@H](COC(=O)CCCCCCCCC(C)C)OC(=O)CCCCCCCCCCCCCCCCCC(C)C)OC(=O)CCCCCCCCCCCCCCC(C)C. The summed E-state index contributed by atoms with van der Waals surface area (Å²) in [6.45, 7) is 11.8. The van der Waals surface area contributed by atoms with E-state index in [1.54, 1.807) is 0 Å². The largest absolute Gasteiger partial charge is 0.472 e. The molecule has 0 aliphatic rings. The van der Waals surface area contributed by atoms with E-state index in [2.05, 4.69) is 72.8 Å². The molecule has 0 bridgehead atoms. The highest BCUT2D eigenvalue weighted by atomic mass is 31.2. The Bertz CT molecular complexity index is 1980. The van der Waals surface area contributed by atoms with E-state index in [4.69, 9.17) is 37.0 Å². The van der Waals surface area contributed by atoms with Crippen LogP contribution in [0.5, 0.6) is 0 Å². The normalized spacial score (nSPS) is 14.2. The lowest BCUT2D eigenvalue weighted by Gasteiger charge is -2.21. The van der Waals surface area contributed by atoms with Crippen molar-refractivity contribution in [2.45, 2.75) is 394 Å². The fraction of sp³-hybridized carbons (Fsp3) is 0.897. The van der Waals surface area contributed by atoms with Crippen LogP contribution in [0.1, 0.15) is 376 Å². The van der Waals surface area contributed by atoms with Gasteiger partial charge in [0, 0.05) is 25.7 Å². The first-order valence-corrected chi connectivity index (χ1v) is 42.7. The molecule has 0 spiro atoms. The zero-order valence-corrected chi connectivity index (χ0v) is 64.8. The van der Waals surface area contributed by atoms with Crippen molar-refractivity contribution in [1.82, 2.24) is 0 Å². The van der Waals surface area contributed by atoms with Crippen LogP contribution in [-0.4, -0.2) is 96.7 Å². The van der Waals surface area contributed by atoms with E-state index in [0.29, 0.717) is 31.6 Å². The molecule has 0 aromatic carbocycles. The predicted octanol–water partition coefficient (Wildman–Crippen LogP) is 22.5. The molecule has 0 radical (unpaired) electrons. The van der Waals surface area contributed by atoms with Gasteiger partial charge in [-0.2, -0.15) is 0 Å². The van der Waals surface area contributed by atoms with Crippen LogP contribution in [0.25, 0.3) is 0 Å². The number of allylic oxidation sites excluding steroid dienone is 4. The molecule has 0 amide bonds. The lowest BCUT2D eigenvalue weighted by atomic mass is 10.0. The number of carbonyl (C=O) groups excluding carboxylic acids is 4. The van der Waals surface area contributed by atoms with Gasteiger partial charge in [-0.1, -0.05) is 323 Å². The molecule has 0 aromatic rings. The second-order valence-electron chi connectivity index (χ2n) is 28.8. The third-order valence-electron chi connectivity index (χ3n) is 17.5. The molecule has 0 heterocycles. The molecule has 97 heavy (non-hydrogen) atoms. The van der Waals surface area contributed by atoms with Crippen molar-refractivity contribution in [3.8, 4) is 0 Å². The van der Waals surface area contributed by atoms with Gasteiger partial charge in [-0.05, 0) is 69.1 Å². The fourth-order valence-electron chi connectivity index (χ4n) is 11.4. The van der Waals surface area contributed by atoms with Crippen molar-refractivity contribution in [3.63, 3.8) is 0 Å². The van der Waals surface area contributed by atoms with Crippen LogP contribution in [-0.2, 0) is 65.4 Å². The number of carbonyl (C=O) groups is 4. The first-order valence-electron chi connectivity index (χ1n) is 39.7. The maximum absolute atomic E-state index is 13.1. The van der Waals surface area contributed by atoms with Gasteiger partial charge in [-0.25, -0.2) is 9.13 Å². The maximum atomic E-state index is 13.1. The van der Waals surface area contributed by atoms with Gasteiger partial charge in [0.25, 0.3) is 0 Å². The van der Waals surface area contributed by atoms with Gasteiger partial charge in [0.2, 0.25) is 0 Å². The smallest absolute Gasteiger partial charge is 0.462 e. The van der Waals surface area contributed by atoms with Crippen molar-refractivity contribution in [1.29, 1.82) is 0 Å². The summed E-state index contributed by atoms with van der Waals surface area (Å²) in [5.41, 5.74) is 0. The molecule has 17 nitrogen and oxygen atoms in total. The number of hydrogen-bond acceptors (Lipinski definition) is 15. The lowest BCUT2D eigenvalue weighted by Crippen LogP contribution is -2.30. The number of aliphatic hydroxyl groups excluding tert-OH is 1. The number of rotatable bonds is 74. The molecule has 0 aliphatic carbocycles. The van der Waals surface area contributed by atoms with Crippen LogP contribution in [0.4, 0.5) is 0 Å². The fourth-order valence-corrected chi connectivity index (χ4v) is 13.0. The van der Waals surface area contributed by atoms with Gasteiger partial charge in [-0.15, -0.1) is 0 Å². The van der Waals surface area contributed by atoms with Crippen molar-refractivity contribution in [2.75, 3.05) is 39.6 Å².